The highest BCUT2D eigenvalue weighted by molar-refractivity contribution is 7.09. The highest BCUT2D eigenvalue weighted by Gasteiger charge is 2.37. The Morgan fingerprint density at radius 1 is 1.58 bits per heavy atom. The lowest BCUT2D eigenvalue weighted by Crippen LogP contribution is -2.43. The number of hydrogen-bond acceptors (Lipinski definition) is 4. The predicted molar refractivity (Wildman–Crippen MR) is 77.7 cm³/mol. The predicted octanol–water partition coefficient (Wildman–Crippen LogP) is 2.98. The number of hydrogen-bond donors (Lipinski definition) is 1. The van der Waals surface area contributed by atoms with Crippen molar-refractivity contribution >= 4 is 15.2 Å². The smallest absolute Gasteiger partial charge is 0.172 e. The third kappa shape index (κ3) is 5.86. The van der Waals surface area contributed by atoms with Crippen molar-refractivity contribution in [2.24, 2.45) is 0 Å². The van der Waals surface area contributed by atoms with Crippen LogP contribution < -0.4 is 0 Å². The number of carbonyl (C=O) groups is 1. The van der Waals surface area contributed by atoms with Gasteiger partial charge in [-0.3, -0.25) is 4.79 Å². The molecule has 4 nitrogen and oxygen atoms in total. The molecule has 1 saturated heterocycles. The molecule has 2 unspecified atom stereocenters. The second kappa shape index (κ2) is 8.31. The first-order valence-corrected chi connectivity index (χ1v) is 7.77. The van der Waals surface area contributed by atoms with E-state index < -0.39 is 5.79 Å². The van der Waals surface area contributed by atoms with Crippen LogP contribution in [0, 0.1) is 0 Å². The minimum atomic E-state index is -1.26. The summed E-state index contributed by atoms with van der Waals surface area (Å²) in [5, 5.41) is 10.4. The van der Waals surface area contributed by atoms with Gasteiger partial charge in [0.2, 0.25) is 0 Å². The standard InChI is InChI=1S/C14H27O4P/c1-3-6-13(18-19)9-12-7-5-8-14(16,17-12)10-11(15)4-2/h12-13,16H,3-10,19H2,1-2H3/t12-,13+,14?/m0/s1. The van der Waals surface area contributed by atoms with Gasteiger partial charge in [0, 0.05) is 28.7 Å². The molecule has 1 aliphatic rings. The minimum absolute atomic E-state index is 0.0134. The van der Waals surface area contributed by atoms with E-state index in [4.69, 9.17) is 9.26 Å². The zero-order valence-corrected chi connectivity index (χ0v) is 13.2. The molecule has 1 aliphatic heterocycles. The van der Waals surface area contributed by atoms with E-state index in [1.165, 1.54) is 0 Å². The summed E-state index contributed by atoms with van der Waals surface area (Å²) in [5.74, 6) is -1.20. The van der Waals surface area contributed by atoms with E-state index in [-0.39, 0.29) is 24.4 Å². The summed E-state index contributed by atoms with van der Waals surface area (Å²) in [6, 6.07) is 0. The Hall–Kier alpha value is -0.0200. The summed E-state index contributed by atoms with van der Waals surface area (Å²) in [7, 11) is 2.31. The number of aliphatic hydroxyl groups is 1. The van der Waals surface area contributed by atoms with E-state index >= 15 is 0 Å². The number of ketones is 1. The van der Waals surface area contributed by atoms with Crippen molar-refractivity contribution < 1.29 is 19.2 Å². The first kappa shape index (κ1) is 17.0. The first-order valence-electron chi connectivity index (χ1n) is 7.30. The molecule has 0 radical (unpaired) electrons. The van der Waals surface area contributed by atoms with Crippen molar-refractivity contribution in [2.75, 3.05) is 0 Å². The summed E-state index contributed by atoms with van der Waals surface area (Å²) < 4.78 is 11.1. The van der Waals surface area contributed by atoms with Crippen LogP contribution in [-0.2, 0) is 14.1 Å². The van der Waals surface area contributed by atoms with Gasteiger partial charge in [-0.2, -0.15) is 0 Å². The van der Waals surface area contributed by atoms with Crippen LogP contribution in [0.15, 0.2) is 0 Å². The number of rotatable bonds is 8. The fourth-order valence-electron chi connectivity index (χ4n) is 2.62. The number of ether oxygens (including phenoxy) is 1. The lowest BCUT2D eigenvalue weighted by molar-refractivity contribution is -0.256. The average Bonchev–Trinajstić information content (AvgIpc) is 2.37. The molecule has 0 amide bonds. The molecule has 5 heteroatoms. The van der Waals surface area contributed by atoms with Gasteiger partial charge in [-0.15, -0.1) is 0 Å². The Bertz CT molecular complexity index is 285. The third-order valence-electron chi connectivity index (χ3n) is 3.68. The third-order valence-corrected chi connectivity index (χ3v) is 4.06. The Labute approximate surface area is 118 Å². The van der Waals surface area contributed by atoms with Gasteiger partial charge in [0.15, 0.2) is 5.79 Å². The van der Waals surface area contributed by atoms with Gasteiger partial charge < -0.3 is 14.4 Å². The quantitative estimate of drug-likeness (QED) is 0.698. The van der Waals surface area contributed by atoms with Crippen molar-refractivity contribution in [3.8, 4) is 0 Å². The van der Waals surface area contributed by atoms with E-state index in [0.29, 0.717) is 12.8 Å². The van der Waals surface area contributed by atoms with Crippen LogP contribution in [0.1, 0.15) is 65.2 Å². The molecule has 1 heterocycles. The Kier molecular flexibility index (Phi) is 7.45. The van der Waals surface area contributed by atoms with Crippen LogP contribution in [-0.4, -0.2) is 28.9 Å². The van der Waals surface area contributed by atoms with Crippen molar-refractivity contribution in [3.05, 3.63) is 0 Å². The lowest BCUT2D eigenvalue weighted by atomic mass is 9.93. The SMILES string of the molecule is CCC[C@H](C[C@@H]1CCCC(O)(CC(=O)CC)O1)OP. The second-order valence-electron chi connectivity index (χ2n) is 5.43. The van der Waals surface area contributed by atoms with Crippen LogP contribution >= 0.6 is 9.47 Å². The normalized spacial score (nSPS) is 29.2. The molecule has 1 fully saturated rings. The summed E-state index contributed by atoms with van der Waals surface area (Å²) in [6.45, 7) is 3.93. The molecule has 0 aliphatic carbocycles. The van der Waals surface area contributed by atoms with Gasteiger partial charge in [-0.25, -0.2) is 0 Å². The summed E-state index contributed by atoms with van der Waals surface area (Å²) in [5.41, 5.74) is 0. The maximum Gasteiger partial charge on any atom is 0.172 e. The Balaban J connectivity index is 2.50. The van der Waals surface area contributed by atoms with E-state index in [0.717, 1.165) is 32.1 Å². The van der Waals surface area contributed by atoms with E-state index in [1.807, 2.05) is 6.92 Å². The molecular weight excluding hydrogens is 263 g/mol. The molecule has 4 atom stereocenters. The summed E-state index contributed by atoms with van der Waals surface area (Å²) in [4.78, 5) is 11.5. The molecule has 0 saturated carbocycles. The van der Waals surface area contributed by atoms with Crippen LogP contribution in [0.5, 0.6) is 0 Å². The van der Waals surface area contributed by atoms with Gasteiger partial charge in [-0.05, 0) is 19.3 Å². The summed E-state index contributed by atoms with van der Waals surface area (Å²) >= 11 is 0. The molecule has 0 aromatic carbocycles. The maximum absolute atomic E-state index is 11.5. The van der Waals surface area contributed by atoms with Crippen molar-refractivity contribution in [2.45, 2.75) is 83.2 Å². The monoisotopic (exact) mass is 290 g/mol. The zero-order valence-electron chi connectivity index (χ0n) is 12.1. The van der Waals surface area contributed by atoms with E-state index in [1.54, 1.807) is 0 Å². The van der Waals surface area contributed by atoms with Gasteiger partial charge in [0.1, 0.15) is 5.78 Å². The van der Waals surface area contributed by atoms with Crippen LogP contribution in [0.25, 0.3) is 0 Å². The maximum atomic E-state index is 11.5. The zero-order chi connectivity index (χ0) is 14.3. The molecule has 0 aromatic rings. The van der Waals surface area contributed by atoms with Gasteiger partial charge >= 0.3 is 0 Å². The fourth-order valence-corrected chi connectivity index (χ4v) is 2.87. The molecule has 0 bridgehead atoms. The highest BCUT2D eigenvalue weighted by atomic mass is 31.0. The Morgan fingerprint density at radius 3 is 2.89 bits per heavy atom. The molecule has 0 spiro atoms. The molecule has 0 aromatic heterocycles. The molecule has 1 rings (SSSR count). The molecule has 19 heavy (non-hydrogen) atoms. The minimum Gasteiger partial charge on any atom is -0.365 e. The largest absolute Gasteiger partial charge is 0.365 e. The van der Waals surface area contributed by atoms with Crippen LogP contribution in [0.3, 0.4) is 0 Å². The average molecular weight is 290 g/mol. The first-order chi connectivity index (χ1) is 9.03. The van der Waals surface area contributed by atoms with E-state index in [9.17, 15) is 9.90 Å². The second-order valence-corrected chi connectivity index (χ2v) is 5.70. The number of Topliss-reactive ketones (excluding diaryl/α,β-unsaturated/α-hetero) is 1. The van der Waals surface area contributed by atoms with Gasteiger partial charge in [0.05, 0.1) is 18.6 Å². The van der Waals surface area contributed by atoms with Gasteiger partial charge in [0.25, 0.3) is 0 Å². The van der Waals surface area contributed by atoms with Crippen LogP contribution in [0.4, 0.5) is 0 Å². The topological polar surface area (TPSA) is 55.8 Å². The number of carbonyl (C=O) groups excluding carboxylic acids is 1. The highest BCUT2D eigenvalue weighted by Crippen LogP contribution is 2.32. The van der Waals surface area contributed by atoms with Crippen molar-refractivity contribution in [1.82, 2.24) is 0 Å². The molecule has 1 N–H and O–H groups in total. The van der Waals surface area contributed by atoms with E-state index in [2.05, 4.69) is 16.4 Å². The molecular formula is C14H27O4P. The lowest BCUT2D eigenvalue weighted by Gasteiger charge is -2.38. The Morgan fingerprint density at radius 2 is 2.32 bits per heavy atom. The van der Waals surface area contributed by atoms with Crippen LogP contribution in [0.2, 0.25) is 0 Å². The van der Waals surface area contributed by atoms with Crippen molar-refractivity contribution in [3.63, 3.8) is 0 Å². The fraction of sp³-hybridized carbons (Fsp3) is 0.929. The van der Waals surface area contributed by atoms with Crippen molar-refractivity contribution in [1.29, 1.82) is 0 Å². The summed E-state index contributed by atoms with van der Waals surface area (Å²) in [6.07, 6.45) is 5.88. The molecule has 112 valence electrons. The van der Waals surface area contributed by atoms with Gasteiger partial charge in [-0.1, -0.05) is 20.3 Å².